The second kappa shape index (κ2) is 11.2. The van der Waals surface area contributed by atoms with Gasteiger partial charge in [-0.25, -0.2) is 4.68 Å². The Balaban J connectivity index is 1.44. The van der Waals surface area contributed by atoms with Gasteiger partial charge in [0.1, 0.15) is 12.1 Å². The summed E-state index contributed by atoms with van der Waals surface area (Å²) in [6.45, 7) is 7.59. The molecule has 6 heteroatoms. The minimum atomic E-state index is 0.250. The number of nitrogens with zero attached hydrogens (tertiary/aromatic N) is 3. The van der Waals surface area contributed by atoms with Crippen molar-refractivity contribution in [2.24, 2.45) is 0 Å². The van der Waals surface area contributed by atoms with Crippen molar-refractivity contribution in [3.63, 3.8) is 0 Å². The number of pyridine rings is 1. The molecule has 2 heterocycles. The summed E-state index contributed by atoms with van der Waals surface area (Å²) >= 11 is 0. The number of benzene rings is 2. The zero-order valence-corrected chi connectivity index (χ0v) is 19.4. The van der Waals surface area contributed by atoms with Crippen LogP contribution in [0.15, 0.2) is 91.5 Å². The Kier molecular flexibility index (Phi) is 7.63. The summed E-state index contributed by atoms with van der Waals surface area (Å²) in [6, 6.07) is 28.0. The van der Waals surface area contributed by atoms with Gasteiger partial charge in [0.15, 0.2) is 0 Å². The maximum Gasteiger partial charge on any atom is 0.240 e. The number of hydrogen-bond acceptors (Lipinski definition) is 5. The van der Waals surface area contributed by atoms with Gasteiger partial charge >= 0.3 is 0 Å². The first-order valence-corrected chi connectivity index (χ1v) is 11.3. The van der Waals surface area contributed by atoms with Crippen molar-refractivity contribution in [3.05, 3.63) is 114 Å². The van der Waals surface area contributed by atoms with Crippen LogP contribution in [0.2, 0.25) is 0 Å². The first-order chi connectivity index (χ1) is 16.6. The monoisotopic (exact) mass is 451 g/mol. The van der Waals surface area contributed by atoms with E-state index in [1.165, 1.54) is 10.2 Å². The molecule has 0 aliphatic heterocycles. The van der Waals surface area contributed by atoms with Crippen LogP contribution < -0.4 is 15.5 Å². The highest BCUT2D eigenvalue weighted by molar-refractivity contribution is 5.68. The van der Waals surface area contributed by atoms with Gasteiger partial charge in [0.2, 0.25) is 5.88 Å². The summed E-state index contributed by atoms with van der Waals surface area (Å²) in [5.74, 6) is 0.443. The van der Waals surface area contributed by atoms with Crippen LogP contribution in [0.5, 0.6) is 5.88 Å². The topological polar surface area (TPSA) is 75.8 Å². The van der Waals surface area contributed by atoms with Crippen LogP contribution in [-0.4, -0.2) is 21.3 Å². The molecule has 0 amide bonds. The molecule has 0 saturated carbocycles. The van der Waals surface area contributed by atoms with Crippen LogP contribution in [0, 0.1) is 5.41 Å². The molecule has 4 aromatic rings. The van der Waals surface area contributed by atoms with E-state index >= 15 is 0 Å². The van der Waals surface area contributed by atoms with E-state index < -0.39 is 0 Å². The van der Waals surface area contributed by atoms with Crippen LogP contribution >= 0.6 is 0 Å². The van der Waals surface area contributed by atoms with E-state index in [0.29, 0.717) is 18.1 Å². The number of allylic oxidation sites excluding steroid dienone is 1. The minimum Gasteiger partial charge on any atom is -0.470 e. The molecular weight excluding hydrogens is 422 g/mol. The first-order valence-electron chi connectivity index (χ1n) is 11.3. The minimum absolute atomic E-state index is 0.250. The Labute approximate surface area is 200 Å². The van der Waals surface area contributed by atoms with E-state index in [1.54, 1.807) is 6.07 Å². The molecule has 172 valence electrons. The normalized spacial score (nSPS) is 10.7. The van der Waals surface area contributed by atoms with Gasteiger partial charge in [-0.1, -0.05) is 73.3 Å². The van der Waals surface area contributed by atoms with E-state index in [4.69, 9.17) is 15.1 Å². The van der Waals surface area contributed by atoms with Crippen molar-refractivity contribution in [1.82, 2.24) is 20.1 Å². The second-order valence-corrected chi connectivity index (χ2v) is 8.08. The number of rotatable bonds is 10. The predicted molar refractivity (Wildman–Crippen MR) is 135 cm³/mol. The average Bonchev–Trinajstić information content (AvgIpc) is 2.87. The zero-order valence-electron chi connectivity index (χ0n) is 19.4. The van der Waals surface area contributed by atoms with Gasteiger partial charge in [-0.15, -0.1) is 5.10 Å². The van der Waals surface area contributed by atoms with Crippen molar-refractivity contribution >= 4 is 5.70 Å². The van der Waals surface area contributed by atoms with Gasteiger partial charge in [-0.3, -0.25) is 10.4 Å². The SMILES string of the molecule is C=C(C)n1nc(OCc2cccc(CNCCc3ccccc3)n2)c(-c2ccccc2)cc1=N. The van der Waals surface area contributed by atoms with E-state index in [9.17, 15) is 0 Å². The highest BCUT2D eigenvalue weighted by atomic mass is 16.5. The Morgan fingerprint density at radius 3 is 2.41 bits per heavy atom. The van der Waals surface area contributed by atoms with Crippen LogP contribution in [0.25, 0.3) is 16.8 Å². The van der Waals surface area contributed by atoms with Gasteiger partial charge in [-0.05, 0) is 49.2 Å². The number of aromatic nitrogens is 3. The Bertz CT molecular complexity index is 1300. The number of hydrogen-bond donors (Lipinski definition) is 2. The van der Waals surface area contributed by atoms with E-state index in [1.807, 2.05) is 61.5 Å². The van der Waals surface area contributed by atoms with Crippen LogP contribution in [0.3, 0.4) is 0 Å². The number of ether oxygens (including phenoxy) is 1. The highest BCUT2D eigenvalue weighted by Gasteiger charge is 2.12. The maximum atomic E-state index is 8.31. The summed E-state index contributed by atoms with van der Waals surface area (Å²) in [5, 5.41) is 16.3. The molecule has 2 aromatic carbocycles. The van der Waals surface area contributed by atoms with Crippen molar-refractivity contribution < 1.29 is 4.74 Å². The molecule has 0 radical (unpaired) electrons. The second-order valence-electron chi connectivity index (χ2n) is 8.08. The Morgan fingerprint density at radius 2 is 1.68 bits per heavy atom. The molecule has 6 nitrogen and oxygen atoms in total. The van der Waals surface area contributed by atoms with Gasteiger partial charge in [-0.2, -0.15) is 0 Å². The molecule has 0 aliphatic carbocycles. The van der Waals surface area contributed by atoms with Gasteiger partial charge in [0.25, 0.3) is 0 Å². The lowest BCUT2D eigenvalue weighted by Crippen LogP contribution is -2.22. The smallest absolute Gasteiger partial charge is 0.240 e. The van der Waals surface area contributed by atoms with Crippen molar-refractivity contribution in [1.29, 1.82) is 5.41 Å². The van der Waals surface area contributed by atoms with E-state index in [-0.39, 0.29) is 12.1 Å². The molecule has 4 rings (SSSR count). The summed E-state index contributed by atoms with van der Waals surface area (Å²) < 4.78 is 7.60. The lowest BCUT2D eigenvalue weighted by Gasteiger charge is -2.14. The van der Waals surface area contributed by atoms with Crippen molar-refractivity contribution in [2.45, 2.75) is 26.5 Å². The van der Waals surface area contributed by atoms with E-state index in [0.717, 1.165) is 35.5 Å². The molecule has 0 saturated heterocycles. The fourth-order valence-corrected chi connectivity index (χ4v) is 3.62. The summed E-state index contributed by atoms with van der Waals surface area (Å²) in [5.41, 5.74) is 5.71. The van der Waals surface area contributed by atoms with Crippen LogP contribution in [-0.2, 0) is 19.6 Å². The maximum absolute atomic E-state index is 8.31. The Hall–Kier alpha value is -4.03. The third kappa shape index (κ3) is 6.05. The van der Waals surface area contributed by atoms with Crippen molar-refractivity contribution in [3.8, 4) is 17.0 Å². The van der Waals surface area contributed by atoms with Gasteiger partial charge in [0.05, 0.1) is 11.4 Å². The first kappa shape index (κ1) is 23.1. The lowest BCUT2D eigenvalue weighted by atomic mass is 10.1. The third-order valence-corrected chi connectivity index (χ3v) is 5.34. The fourth-order valence-electron chi connectivity index (χ4n) is 3.62. The quantitative estimate of drug-likeness (QED) is 0.339. The molecule has 2 aromatic heterocycles. The lowest BCUT2D eigenvalue weighted by molar-refractivity contribution is 0.284. The highest BCUT2D eigenvalue weighted by Crippen LogP contribution is 2.27. The summed E-state index contributed by atoms with van der Waals surface area (Å²) in [7, 11) is 0. The molecule has 0 atom stereocenters. The molecule has 2 N–H and O–H groups in total. The molecular formula is C28H29N5O. The molecule has 0 fully saturated rings. The van der Waals surface area contributed by atoms with Crippen molar-refractivity contribution in [2.75, 3.05) is 6.54 Å². The average molecular weight is 452 g/mol. The summed E-state index contributed by atoms with van der Waals surface area (Å²) in [6.07, 6.45) is 0.978. The third-order valence-electron chi connectivity index (χ3n) is 5.34. The standard InChI is InChI=1S/C28H29N5O/c1-21(2)33-27(29)18-26(23-12-7-4-8-13-23)28(32-33)34-20-25-15-9-14-24(31-25)19-30-17-16-22-10-5-3-6-11-22/h3-15,18,29-30H,1,16-17,19-20H2,2H3. The van der Waals surface area contributed by atoms with E-state index in [2.05, 4.69) is 41.3 Å². The van der Waals surface area contributed by atoms with Gasteiger partial charge < -0.3 is 10.1 Å². The summed E-state index contributed by atoms with van der Waals surface area (Å²) in [4.78, 5) is 4.73. The molecule has 0 bridgehead atoms. The largest absolute Gasteiger partial charge is 0.470 e. The Morgan fingerprint density at radius 1 is 0.971 bits per heavy atom. The van der Waals surface area contributed by atoms with Crippen LogP contribution in [0.4, 0.5) is 0 Å². The molecule has 0 spiro atoms. The number of nitrogens with one attached hydrogen (secondary N) is 2. The predicted octanol–water partition coefficient (Wildman–Crippen LogP) is 4.83. The van der Waals surface area contributed by atoms with Gasteiger partial charge in [0, 0.05) is 17.8 Å². The fraction of sp³-hybridized carbons (Fsp3) is 0.179. The molecule has 0 aliphatic rings. The zero-order chi connectivity index (χ0) is 23.8. The molecule has 34 heavy (non-hydrogen) atoms. The molecule has 0 unspecified atom stereocenters. The van der Waals surface area contributed by atoms with Crippen LogP contribution in [0.1, 0.15) is 23.9 Å².